The molecule has 0 amide bonds. The third-order valence-electron chi connectivity index (χ3n) is 4.62. The van der Waals surface area contributed by atoms with Crippen LogP contribution in [0.2, 0.25) is 10.3 Å². The van der Waals surface area contributed by atoms with Crippen LogP contribution in [0.4, 0.5) is 13.2 Å². The second-order valence-electron chi connectivity index (χ2n) is 6.85. The molecule has 0 bridgehead atoms. The maximum Gasteiger partial charge on any atom is 0.417 e. The number of halogens is 5. The molecule has 6 nitrogen and oxygen atoms in total. The van der Waals surface area contributed by atoms with Crippen LogP contribution in [-0.4, -0.2) is 27.0 Å². The maximum atomic E-state index is 12.9. The van der Waals surface area contributed by atoms with Crippen LogP contribution in [-0.2, 0) is 12.8 Å². The van der Waals surface area contributed by atoms with Crippen molar-refractivity contribution in [1.82, 2.24) is 19.9 Å². The van der Waals surface area contributed by atoms with Gasteiger partial charge in [-0.3, -0.25) is 4.98 Å². The van der Waals surface area contributed by atoms with Crippen molar-refractivity contribution >= 4 is 23.2 Å². The van der Waals surface area contributed by atoms with Gasteiger partial charge in [-0.25, -0.2) is 9.97 Å². The zero-order valence-electron chi connectivity index (χ0n) is 17.0. The van der Waals surface area contributed by atoms with E-state index in [1.54, 1.807) is 36.5 Å². The molecular weight excluding hydrogens is 480 g/mol. The van der Waals surface area contributed by atoms with Crippen molar-refractivity contribution in [3.05, 3.63) is 76.4 Å². The quantitative estimate of drug-likeness (QED) is 0.312. The van der Waals surface area contributed by atoms with Crippen LogP contribution in [0, 0.1) is 0 Å². The number of hydrogen-bond acceptors (Lipinski definition) is 5. The normalized spacial score (nSPS) is 11.5. The van der Waals surface area contributed by atoms with E-state index >= 15 is 0 Å². The van der Waals surface area contributed by atoms with Gasteiger partial charge in [-0.05, 0) is 30.3 Å². The molecule has 0 fully saturated rings. The summed E-state index contributed by atoms with van der Waals surface area (Å²) in [5, 5.41) is 0.650. The van der Waals surface area contributed by atoms with Crippen LogP contribution in [0.25, 0.3) is 22.6 Å². The molecule has 0 aliphatic carbocycles. The lowest BCUT2D eigenvalue weighted by Gasteiger charge is -2.12. The minimum atomic E-state index is -4.47. The molecule has 0 saturated carbocycles. The summed E-state index contributed by atoms with van der Waals surface area (Å²) < 4.78 is 49.7. The van der Waals surface area contributed by atoms with Gasteiger partial charge in [-0.15, -0.1) is 0 Å². The Bertz CT molecular complexity index is 1280. The highest BCUT2D eigenvalue weighted by Gasteiger charge is 2.31. The molecule has 11 heteroatoms. The third-order valence-corrected chi connectivity index (χ3v) is 5.11. The summed E-state index contributed by atoms with van der Waals surface area (Å²) >= 11 is 12.2. The minimum absolute atomic E-state index is 0.101. The van der Waals surface area contributed by atoms with Crippen molar-refractivity contribution < 1.29 is 22.6 Å². The highest BCUT2D eigenvalue weighted by Crippen LogP contribution is 2.37. The highest BCUT2D eigenvalue weighted by atomic mass is 35.5. The van der Waals surface area contributed by atoms with E-state index in [-0.39, 0.29) is 12.2 Å². The molecule has 1 N–H and O–H groups in total. The lowest BCUT2D eigenvalue weighted by atomic mass is 10.1. The molecule has 4 rings (SSSR count). The second-order valence-corrected chi connectivity index (χ2v) is 7.61. The smallest absolute Gasteiger partial charge is 0.417 e. The van der Waals surface area contributed by atoms with E-state index in [4.69, 9.17) is 32.7 Å². The van der Waals surface area contributed by atoms with Crippen molar-refractivity contribution in [2.45, 2.75) is 12.8 Å². The number of rotatable bonds is 6. The van der Waals surface area contributed by atoms with Crippen LogP contribution in [0.5, 0.6) is 11.5 Å². The molecule has 0 radical (unpaired) electrons. The summed E-state index contributed by atoms with van der Waals surface area (Å²) in [6.45, 7) is -0.101. The average molecular weight is 495 g/mol. The number of pyridine rings is 2. The number of aromatic amines is 1. The zero-order valence-corrected chi connectivity index (χ0v) is 18.5. The highest BCUT2D eigenvalue weighted by molar-refractivity contribution is 6.32. The molecule has 3 heterocycles. The SMILES string of the molecule is COc1cc(OCc2cncc(C(F)(F)F)c2)ccc1-c1nc(-c2ccc(Cl)nc2)[nH]c1Cl. The van der Waals surface area contributed by atoms with Gasteiger partial charge in [-0.2, -0.15) is 13.2 Å². The Morgan fingerprint density at radius 2 is 1.85 bits per heavy atom. The van der Waals surface area contributed by atoms with Crippen LogP contribution >= 0.6 is 23.2 Å². The number of ether oxygens (including phenoxy) is 2. The average Bonchev–Trinajstić information content (AvgIpc) is 3.19. The lowest BCUT2D eigenvalue weighted by Crippen LogP contribution is -2.07. The topological polar surface area (TPSA) is 72.9 Å². The number of alkyl halides is 3. The van der Waals surface area contributed by atoms with E-state index in [9.17, 15) is 13.2 Å². The van der Waals surface area contributed by atoms with Gasteiger partial charge in [0.1, 0.15) is 39.9 Å². The Labute approximate surface area is 196 Å². The third kappa shape index (κ3) is 5.20. The van der Waals surface area contributed by atoms with Gasteiger partial charge >= 0.3 is 6.18 Å². The Kier molecular flexibility index (Phi) is 6.44. The molecular formula is C22H15Cl2F3N4O2. The van der Waals surface area contributed by atoms with Crippen LogP contribution in [0.3, 0.4) is 0 Å². The van der Waals surface area contributed by atoms with E-state index in [1.807, 2.05) is 0 Å². The fourth-order valence-electron chi connectivity index (χ4n) is 3.03. The predicted molar refractivity (Wildman–Crippen MR) is 117 cm³/mol. The van der Waals surface area contributed by atoms with Gasteiger partial charge in [0, 0.05) is 41.3 Å². The summed E-state index contributed by atoms with van der Waals surface area (Å²) in [4.78, 5) is 15.2. The molecule has 170 valence electrons. The van der Waals surface area contributed by atoms with Crippen molar-refractivity contribution in [3.63, 3.8) is 0 Å². The largest absolute Gasteiger partial charge is 0.496 e. The molecule has 0 unspecified atom stereocenters. The lowest BCUT2D eigenvalue weighted by molar-refractivity contribution is -0.137. The molecule has 0 aliphatic heterocycles. The van der Waals surface area contributed by atoms with E-state index in [2.05, 4.69) is 19.9 Å². The maximum absolute atomic E-state index is 12.9. The first-order valence-corrected chi connectivity index (χ1v) is 10.2. The van der Waals surface area contributed by atoms with Gasteiger partial charge in [0.05, 0.1) is 12.7 Å². The van der Waals surface area contributed by atoms with E-state index in [0.717, 1.165) is 12.3 Å². The number of methoxy groups -OCH3 is 1. The first kappa shape index (κ1) is 22.9. The van der Waals surface area contributed by atoms with Gasteiger partial charge in [0.15, 0.2) is 0 Å². The van der Waals surface area contributed by atoms with Gasteiger partial charge in [-0.1, -0.05) is 23.2 Å². The molecule has 0 saturated heterocycles. The minimum Gasteiger partial charge on any atom is -0.496 e. The molecule has 3 aromatic heterocycles. The molecule has 4 aromatic rings. The van der Waals surface area contributed by atoms with Crippen molar-refractivity contribution in [3.8, 4) is 34.1 Å². The van der Waals surface area contributed by atoms with Crippen LogP contribution < -0.4 is 9.47 Å². The molecule has 0 atom stereocenters. The van der Waals surface area contributed by atoms with E-state index < -0.39 is 11.7 Å². The van der Waals surface area contributed by atoms with Crippen molar-refractivity contribution in [2.75, 3.05) is 7.11 Å². The van der Waals surface area contributed by atoms with E-state index in [0.29, 0.717) is 44.5 Å². The van der Waals surface area contributed by atoms with Crippen LogP contribution in [0.15, 0.2) is 55.0 Å². The summed E-state index contributed by atoms with van der Waals surface area (Å²) in [5.41, 5.74) is 1.19. The zero-order chi connectivity index (χ0) is 23.6. The number of nitrogens with zero attached hydrogens (tertiary/aromatic N) is 3. The standard InChI is InChI=1S/C22H15Cl2F3N4O2/c1-32-17-7-15(33-11-12-6-14(10-28-8-12)22(25,26)27)3-4-16(17)19-20(24)31-21(30-19)13-2-5-18(23)29-9-13/h2-10H,11H2,1H3,(H,30,31). The first-order valence-electron chi connectivity index (χ1n) is 9.44. The van der Waals surface area contributed by atoms with E-state index in [1.165, 1.54) is 13.3 Å². The summed E-state index contributed by atoms with van der Waals surface area (Å²) in [6.07, 6.45) is -0.823. The van der Waals surface area contributed by atoms with Gasteiger partial charge in [0.2, 0.25) is 0 Å². The summed E-state index contributed by atoms with van der Waals surface area (Å²) in [7, 11) is 1.48. The number of benzene rings is 1. The monoisotopic (exact) mass is 494 g/mol. The van der Waals surface area contributed by atoms with Crippen molar-refractivity contribution in [1.29, 1.82) is 0 Å². The fraction of sp³-hybridized carbons (Fsp3) is 0.136. The van der Waals surface area contributed by atoms with Crippen LogP contribution in [0.1, 0.15) is 11.1 Å². The van der Waals surface area contributed by atoms with Crippen molar-refractivity contribution in [2.24, 2.45) is 0 Å². The number of H-pyrrole nitrogens is 1. The number of imidazole rings is 1. The molecule has 33 heavy (non-hydrogen) atoms. The predicted octanol–water partition coefficient (Wildman–Crippen LogP) is 6.45. The fourth-order valence-corrected chi connectivity index (χ4v) is 3.37. The van der Waals surface area contributed by atoms with Gasteiger partial charge < -0.3 is 14.5 Å². The Hall–Kier alpha value is -3.30. The summed E-state index contributed by atoms with van der Waals surface area (Å²) in [5.74, 6) is 1.31. The first-order chi connectivity index (χ1) is 15.7. The number of aromatic nitrogens is 4. The molecule has 0 spiro atoms. The number of hydrogen-bond donors (Lipinski definition) is 1. The summed E-state index contributed by atoms with van der Waals surface area (Å²) in [6, 6.07) is 9.34. The number of nitrogens with one attached hydrogen (secondary N) is 1. The Balaban J connectivity index is 1.56. The molecule has 0 aliphatic rings. The Morgan fingerprint density at radius 1 is 1.03 bits per heavy atom. The van der Waals surface area contributed by atoms with Gasteiger partial charge in [0.25, 0.3) is 0 Å². The Morgan fingerprint density at radius 3 is 2.55 bits per heavy atom. The molecule has 1 aromatic carbocycles. The second kappa shape index (κ2) is 9.29.